The third kappa shape index (κ3) is 6.10. The van der Waals surface area contributed by atoms with Crippen molar-refractivity contribution in [3.63, 3.8) is 0 Å². The molecule has 158 valence electrons. The molecule has 11 heteroatoms. The Bertz CT molecular complexity index is 1010. The second-order valence-corrected chi connectivity index (χ2v) is 6.49. The van der Waals surface area contributed by atoms with E-state index in [1.54, 1.807) is 12.1 Å². The van der Waals surface area contributed by atoms with Crippen LogP contribution in [0.25, 0.3) is 6.08 Å². The van der Waals surface area contributed by atoms with Gasteiger partial charge in [-0.1, -0.05) is 23.2 Å². The zero-order valence-corrected chi connectivity index (χ0v) is 17.3. The Morgan fingerprint density at radius 1 is 1.17 bits per heavy atom. The van der Waals surface area contributed by atoms with Crippen LogP contribution in [0.15, 0.2) is 36.4 Å². The SMILES string of the molecule is COc1cc(/C=C/C(=O)OCC(=O)Nc2ccc(Cl)cc2[N+](=O)[O-])cc(Cl)c1OC. The summed E-state index contributed by atoms with van der Waals surface area (Å²) in [6.07, 6.45) is 2.51. The molecule has 0 saturated heterocycles. The van der Waals surface area contributed by atoms with Crippen LogP contribution >= 0.6 is 23.2 Å². The van der Waals surface area contributed by atoms with E-state index in [0.717, 1.165) is 12.1 Å². The van der Waals surface area contributed by atoms with E-state index in [0.29, 0.717) is 17.1 Å². The van der Waals surface area contributed by atoms with Crippen molar-refractivity contribution in [2.75, 3.05) is 26.1 Å². The summed E-state index contributed by atoms with van der Waals surface area (Å²) in [5.74, 6) is -0.827. The van der Waals surface area contributed by atoms with Crippen LogP contribution in [0, 0.1) is 10.1 Å². The number of nitro benzene ring substituents is 1. The number of benzene rings is 2. The zero-order chi connectivity index (χ0) is 22.3. The molecule has 0 heterocycles. The molecule has 0 bridgehead atoms. The number of rotatable bonds is 8. The van der Waals surface area contributed by atoms with Crippen LogP contribution in [-0.2, 0) is 14.3 Å². The molecule has 9 nitrogen and oxygen atoms in total. The van der Waals surface area contributed by atoms with E-state index in [2.05, 4.69) is 5.32 Å². The fraction of sp³-hybridized carbons (Fsp3) is 0.158. The van der Waals surface area contributed by atoms with E-state index in [-0.39, 0.29) is 21.4 Å². The first-order valence-electron chi connectivity index (χ1n) is 8.25. The van der Waals surface area contributed by atoms with Gasteiger partial charge in [-0.15, -0.1) is 0 Å². The van der Waals surface area contributed by atoms with Crippen LogP contribution in [0.5, 0.6) is 11.5 Å². The van der Waals surface area contributed by atoms with Crippen molar-refractivity contribution in [2.45, 2.75) is 0 Å². The van der Waals surface area contributed by atoms with Crippen LogP contribution in [0.1, 0.15) is 5.56 Å². The van der Waals surface area contributed by atoms with Gasteiger partial charge in [-0.25, -0.2) is 4.79 Å². The number of nitro groups is 1. The third-order valence-corrected chi connectivity index (χ3v) is 4.16. The molecule has 0 unspecified atom stereocenters. The largest absolute Gasteiger partial charge is 0.493 e. The molecule has 1 N–H and O–H groups in total. The Balaban J connectivity index is 1.97. The highest BCUT2D eigenvalue weighted by atomic mass is 35.5. The quantitative estimate of drug-likeness (QED) is 0.276. The summed E-state index contributed by atoms with van der Waals surface area (Å²) >= 11 is 11.8. The molecule has 1 amide bonds. The first-order chi connectivity index (χ1) is 14.2. The fourth-order valence-electron chi connectivity index (χ4n) is 2.33. The lowest BCUT2D eigenvalue weighted by Crippen LogP contribution is -2.20. The number of methoxy groups -OCH3 is 2. The van der Waals surface area contributed by atoms with Gasteiger partial charge in [0.1, 0.15) is 5.69 Å². The molecule has 0 aliphatic carbocycles. The number of esters is 1. The van der Waals surface area contributed by atoms with Gasteiger partial charge < -0.3 is 19.5 Å². The Labute approximate surface area is 181 Å². The van der Waals surface area contributed by atoms with Crippen LogP contribution in [0.2, 0.25) is 10.0 Å². The maximum atomic E-state index is 11.9. The second kappa shape index (κ2) is 10.5. The van der Waals surface area contributed by atoms with Crippen LogP contribution in [0.3, 0.4) is 0 Å². The summed E-state index contributed by atoms with van der Waals surface area (Å²) in [5.41, 5.74) is 0.0872. The number of anilines is 1. The lowest BCUT2D eigenvalue weighted by molar-refractivity contribution is -0.383. The molecule has 0 spiro atoms. The summed E-state index contributed by atoms with van der Waals surface area (Å²) in [5, 5.41) is 13.8. The van der Waals surface area contributed by atoms with Gasteiger partial charge in [-0.05, 0) is 35.9 Å². The van der Waals surface area contributed by atoms with Gasteiger partial charge in [0.25, 0.3) is 11.6 Å². The summed E-state index contributed by atoms with van der Waals surface area (Å²) < 4.78 is 15.1. The molecule has 0 radical (unpaired) electrons. The standard InChI is InChI=1S/C19H16Cl2N2O7/c1-28-16-8-11(7-13(21)19(16)29-2)3-6-18(25)30-10-17(24)22-14-5-4-12(20)9-15(14)23(26)27/h3-9H,10H2,1-2H3,(H,22,24)/b6-3+. The van der Waals surface area contributed by atoms with Crippen LogP contribution in [-0.4, -0.2) is 37.6 Å². The highest BCUT2D eigenvalue weighted by Crippen LogP contribution is 2.36. The number of carbonyl (C=O) groups excluding carboxylic acids is 2. The third-order valence-electron chi connectivity index (χ3n) is 3.64. The van der Waals surface area contributed by atoms with Crippen molar-refractivity contribution in [3.8, 4) is 11.5 Å². The number of ether oxygens (including phenoxy) is 3. The van der Waals surface area contributed by atoms with Crippen molar-refractivity contribution < 1.29 is 28.7 Å². The van der Waals surface area contributed by atoms with E-state index < -0.39 is 23.4 Å². The van der Waals surface area contributed by atoms with E-state index in [1.807, 2.05) is 0 Å². The topological polar surface area (TPSA) is 117 Å². The maximum Gasteiger partial charge on any atom is 0.331 e. The van der Waals surface area contributed by atoms with Crippen molar-refractivity contribution in [3.05, 3.63) is 62.1 Å². The summed E-state index contributed by atoms with van der Waals surface area (Å²) in [7, 11) is 2.89. The van der Waals surface area contributed by atoms with Crippen LogP contribution < -0.4 is 14.8 Å². The first kappa shape index (κ1) is 23.0. The van der Waals surface area contributed by atoms with E-state index >= 15 is 0 Å². The number of hydrogen-bond acceptors (Lipinski definition) is 7. The Kier molecular flexibility index (Phi) is 8.02. The molecule has 0 aliphatic heterocycles. The molecule has 0 aromatic heterocycles. The normalized spacial score (nSPS) is 10.5. The van der Waals surface area contributed by atoms with Crippen molar-refractivity contribution >= 4 is 52.5 Å². The molecule has 0 saturated carbocycles. The number of carbonyl (C=O) groups is 2. The lowest BCUT2D eigenvalue weighted by Gasteiger charge is -2.10. The molecule has 0 atom stereocenters. The van der Waals surface area contributed by atoms with E-state index in [4.69, 9.17) is 37.4 Å². The minimum absolute atomic E-state index is 0.0686. The van der Waals surface area contributed by atoms with Gasteiger partial charge in [-0.2, -0.15) is 0 Å². The number of nitrogens with zero attached hydrogens (tertiary/aromatic N) is 1. The molecule has 2 aromatic carbocycles. The molecule has 0 aliphatic rings. The van der Waals surface area contributed by atoms with E-state index in [9.17, 15) is 19.7 Å². The van der Waals surface area contributed by atoms with E-state index in [1.165, 1.54) is 32.4 Å². The smallest absolute Gasteiger partial charge is 0.331 e. The highest BCUT2D eigenvalue weighted by Gasteiger charge is 2.17. The Morgan fingerprint density at radius 2 is 1.90 bits per heavy atom. The van der Waals surface area contributed by atoms with Crippen molar-refractivity contribution in [1.29, 1.82) is 0 Å². The summed E-state index contributed by atoms with van der Waals surface area (Å²) in [4.78, 5) is 34.1. The molecular formula is C19H16Cl2N2O7. The summed E-state index contributed by atoms with van der Waals surface area (Å²) in [6, 6.07) is 6.91. The van der Waals surface area contributed by atoms with Gasteiger partial charge in [-0.3, -0.25) is 14.9 Å². The van der Waals surface area contributed by atoms with Crippen molar-refractivity contribution in [1.82, 2.24) is 0 Å². The Hall–Kier alpha value is -3.30. The number of halogens is 2. The second-order valence-electron chi connectivity index (χ2n) is 5.65. The van der Waals surface area contributed by atoms with Gasteiger partial charge in [0.2, 0.25) is 0 Å². The monoisotopic (exact) mass is 454 g/mol. The highest BCUT2D eigenvalue weighted by molar-refractivity contribution is 6.32. The van der Waals surface area contributed by atoms with Gasteiger partial charge >= 0.3 is 5.97 Å². The van der Waals surface area contributed by atoms with Crippen molar-refractivity contribution in [2.24, 2.45) is 0 Å². The number of hydrogen-bond donors (Lipinski definition) is 1. The predicted molar refractivity (Wildman–Crippen MR) is 111 cm³/mol. The molecule has 30 heavy (non-hydrogen) atoms. The average Bonchev–Trinajstić information content (AvgIpc) is 2.71. The predicted octanol–water partition coefficient (Wildman–Crippen LogP) is 4.11. The van der Waals surface area contributed by atoms with Gasteiger partial charge in [0.15, 0.2) is 18.1 Å². The first-order valence-corrected chi connectivity index (χ1v) is 9.01. The number of amides is 1. The van der Waals surface area contributed by atoms with Gasteiger partial charge in [0, 0.05) is 17.2 Å². The summed E-state index contributed by atoms with van der Waals surface area (Å²) in [6.45, 7) is -0.643. The minimum atomic E-state index is -0.804. The molecular weight excluding hydrogens is 439 g/mol. The zero-order valence-electron chi connectivity index (χ0n) is 15.8. The molecule has 2 aromatic rings. The molecule has 0 fully saturated rings. The van der Waals surface area contributed by atoms with Gasteiger partial charge in [0.05, 0.1) is 24.2 Å². The number of nitrogens with one attached hydrogen (secondary N) is 1. The maximum absolute atomic E-state index is 11.9. The van der Waals surface area contributed by atoms with Crippen LogP contribution in [0.4, 0.5) is 11.4 Å². The average molecular weight is 455 g/mol. The minimum Gasteiger partial charge on any atom is -0.493 e. The fourth-order valence-corrected chi connectivity index (χ4v) is 2.79. The lowest BCUT2D eigenvalue weighted by atomic mass is 10.2. The molecule has 2 rings (SSSR count). The Morgan fingerprint density at radius 3 is 2.53 bits per heavy atom.